The lowest BCUT2D eigenvalue weighted by molar-refractivity contribution is -0.113. The van der Waals surface area contributed by atoms with E-state index >= 15 is 0 Å². The molecule has 2 aromatic rings. The summed E-state index contributed by atoms with van der Waals surface area (Å²) < 4.78 is 7.06. The van der Waals surface area contributed by atoms with Gasteiger partial charge in [0.05, 0.1) is 0 Å². The lowest BCUT2D eigenvalue weighted by atomic mass is 9.86. The van der Waals surface area contributed by atoms with Gasteiger partial charge in [-0.05, 0) is 33.2 Å². The Balaban J connectivity index is 2.01. The second-order valence-electron chi connectivity index (χ2n) is 10.0. The predicted octanol–water partition coefficient (Wildman–Crippen LogP) is 4.81. The van der Waals surface area contributed by atoms with E-state index in [9.17, 15) is 4.79 Å². The molecule has 0 bridgehead atoms. The molecule has 0 aliphatic heterocycles. The second-order valence-corrected chi connectivity index (χ2v) is 14.3. The third-order valence-electron chi connectivity index (χ3n) is 7.23. The molecule has 0 heterocycles. The van der Waals surface area contributed by atoms with Crippen LogP contribution in [0, 0.1) is 16.7 Å². The molecule has 0 aromatic heterocycles. The quantitative estimate of drug-likeness (QED) is 0.497. The Bertz CT molecular complexity index is 772. The minimum Gasteiger partial charge on any atom is -0.407 e. The summed E-state index contributed by atoms with van der Waals surface area (Å²) in [5.41, 5.74) is -0.179. The van der Waals surface area contributed by atoms with Gasteiger partial charge < -0.3 is 9.22 Å². The van der Waals surface area contributed by atoms with E-state index in [0.29, 0.717) is 12.5 Å². The zero-order valence-corrected chi connectivity index (χ0v) is 19.2. The molecule has 1 fully saturated rings. The first-order valence-corrected chi connectivity index (χ1v) is 12.2. The molecule has 3 heteroatoms. The summed E-state index contributed by atoms with van der Waals surface area (Å²) in [4.78, 5) is 11.6. The van der Waals surface area contributed by atoms with Gasteiger partial charge in [-0.25, -0.2) is 0 Å². The van der Waals surface area contributed by atoms with E-state index in [4.69, 9.17) is 4.43 Å². The summed E-state index contributed by atoms with van der Waals surface area (Å²) in [7, 11) is -2.51. The molecule has 2 nitrogen and oxygen atoms in total. The summed E-state index contributed by atoms with van der Waals surface area (Å²) in [5, 5.41) is 2.59. The van der Waals surface area contributed by atoms with Crippen LogP contribution in [0.2, 0.25) is 5.04 Å². The standard InChI is InChI=1S/C25H34O2Si/c1-20(25(6)18-24(25,5)19-26)17-27-28(23(2,3)4,21-13-9-7-10-14-21)22-15-11-8-12-16-22/h7-16,19-20H,17-18H2,1-6H3/t20-,24-,25+/m1/s1. The number of hydrogen-bond donors (Lipinski definition) is 0. The molecule has 3 atom stereocenters. The zero-order chi connectivity index (χ0) is 20.6. The van der Waals surface area contributed by atoms with Crippen LogP contribution >= 0.6 is 0 Å². The average molecular weight is 395 g/mol. The molecular weight excluding hydrogens is 360 g/mol. The van der Waals surface area contributed by atoms with Crippen molar-refractivity contribution in [3.63, 3.8) is 0 Å². The van der Waals surface area contributed by atoms with Crippen LogP contribution in [0.4, 0.5) is 0 Å². The molecule has 2 aromatic carbocycles. The highest BCUT2D eigenvalue weighted by Crippen LogP contribution is 2.66. The predicted molar refractivity (Wildman–Crippen MR) is 120 cm³/mol. The maximum atomic E-state index is 11.6. The lowest BCUT2D eigenvalue weighted by Crippen LogP contribution is -2.67. The molecule has 0 saturated heterocycles. The summed E-state index contributed by atoms with van der Waals surface area (Å²) in [6.07, 6.45) is 2.10. The smallest absolute Gasteiger partial charge is 0.261 e. The maximum Gasteiger partial charge on any atom is 0.261 e. The van der Waals surface area contributed by atoms with Crippen molar-refractivity contribution < 1.29 is 9.22 Å². The molecule has 28 heavy (non-hydrogen) atoms. The molecule has 1 saturated carbocycles. The normalized spacial score (nSPS) is 25.9. The fourth-order valence-electron chi connectivity index (χ4n) is 4.83. The molecule has 1 aliphatic carbocycles. The van der Waals surface area contributed by atoms with Gasteiger partial charge in [-0.15, -0.1) is 0 Å². The van der Waals surface area contributed by atoms with Crippen molar-refractivity contribution in [3.8, 4) is 0 Å². The zero-order valence-electron chi connectivity index (χ0n) is 18.2. The number of rotatable bonds is 7. The van der Waals surface area contributed by atoms with E-state index in [2.05, 4.69) is 102 Å². The summed E-state index contributed by atoms with van der Waals surface area (Å²) in [6, 6.07) is 21.5. The lowest BCUT2D eigenvalue weighted by Gasteiger charge is -2.44. The van der Waals surface area contributed by atoms with Gasteiger partial charge in [0.15, 0.2) is 0 Å². The number of hydrogen-bond acceptors (Lipinski definition) is 2. The monoisotopic (exact) mass is 394 g/mol. The van der Waals surface area contributed by atoms with Crippen LogP contribution in [-0.4, -0.2) is 21.2 Å². The Labute approximate surface area is 171 Å². The van der Waals surface area contributed by atoms with Crippen molar-refractivity contribution in [1.29, 1.82) is 0 Å². The first-order valence-electron chi connectivity index (χ1n) is 10.3. The van der Waals surface area contributed by atoms with E-state index in [0.717, 1.165) is 12.7 Å². The fraction of sp³-hybridized carbons (Fsp3) is 0.480. The number of carbonyl (C=O) groups is 1. The third kappa shape index (κ3) is 3.29. The van der Waals surface area contributed by atoms with Crippen LogP contribution in [0.5, 0.6) is 0 Å². The highest BCUT2D eigenvalue weighted by atomic mass is 28.4. The van der Waals surface area contributed by atoms with Crippen LogP contribution in [-0.2, 0) is 9.22 Å². The van der Waals surface area contributed by atoms with Gasteiger partial charge in [-0.2, -0.15) is 0 Å². The van der Waals surface area contributed by atoms with Crippen LogP contribution in [0.25, 0.3) is 0 Å². The molecular formula is C25H34O2Si. The van der Waals surface area contributed by atoms with E-state index in [1.807, 2.05) is 0 Å². The highest BCUT2D eigenvalue weighted by molar-refractivity contribution is 6.99. The van der Waals surface area contributed by atoms with Gasteiger partial charge in [0, 0.05) is 12.0 Å². The Hall–Kier alpha value is -1.71. The SMILES string of the molecule is C[C@H](CO[Si](c1ccccc1)(c1ccccc1)C(C)(C)C)[C@]1(C)C[C@]1(C)C=O. The van der Waals surface area contributed by atoms with Crippen molar-refractivity contribution in [1.82, 2.24) is 0 Å². The average Bonchev–Trinajstić information content (AvgIpc) is 3.26. The Morgan fingerprint density at radius 2 is 1.46 bits per heavy atom. The molecule has 0 radical (unpaired) electrons. The van der Waals surface area contributed by atoms with E-state index in [-0.39, 0.29) is 15.9 Å². The van der Waals surface area contributed by atoms with Crippen LogP contribution in [0.1, 0.15) is 48.0 Å². The molecule has 1 aliphatic rings. The number of benzene rings is 2. The van der Waals surface area contributed by atoms with E-state index in [1.54, 1.807) is 0 Å². The van der Waals surface area contributed by atoms with Gasteiger partial charge in [0.2, 0.25) is 0 Å². The second kappa shape index (κ2) is 7.27. The molecule has 150 valence electrons. The first kappa shape index (κ1) is 21.0. The van der Waals surface area contributed by atoms with Crippen molar-refractivity contribution in [2.75, 3.05) is 6.61 Å². The minimum atomic E-state index is -2.51. The van der Waals surface area contributed by atoms with Crippen molar-refractivity contribution >= 4 is 25.0 Å². The topological polar surface area (TPSA) is 26.3 Å². The highest BCUT2D eigenvalue weighted by Gasteiger charge is 2.64. The van der Waals surface area contributed by atoms with Gasteiger partial charge >= 0.3 is 0 Å². The summed E-state index contributed by atoms with van der Waals surface area (Å²) in [5.74, 6) is 0.323. The maximum absolute atomic E-state index is 11.6. The summed E-state index contributed by atoms with van der Waals surface area (Å²) in [6.45, 7) is 14.1. The molecule has 0 N–H and O–H groups in total. The Kier molecular flexibility index (Phi) is 5.46. The largest absolute Gasteiger partial charge is 0.407 e. The Morgan fingerprint density at radius 3 is 1.82 bits per heavy atom. The summed E-state index contributed by atoms with van der Waals surface area (Å²) >= 11 is 0. The number of carbonyl (C=O) groups excluding carboxylic acids is 1. The third-order valence-corrected chi connectivity index (χ3v) is 12.2. The molecule has 0 unspecified atom stereocenters. The van der Waals surface area contributed by atoms with Gasteiger partial charge in [-0.1, -0.05) is 102 Å². The van der Waals surface area contributed by atoms with Gasteiger partial charge in [0.1, 0.15) is 6.29 Å². The fourth-order valence-corrected chi connectivity index (χ4v) is 9.48. The Morgan fingerprint density at radius 1 is 1.00 bits per heavy atom. The van der Waals surface area contributed by atoms with Crippen LogP contribution < -0.4 is 10.4 Å². The molecule has 0 spiro atoms. The molecule has 0 amide bonds. The van der Waals surface area contributed by atoms with Gasteiger partial charge in [-0.3, -0.25) is 0 Å². The first-order chi connectivity index (χ1) is 13.1. The van der Waals surface area contributed by atoms with E-state index < -0.39 is 8.32 Å². The van der Waals surface area contributed by atoms with Crippen molar-refractivity contribution in [3.05, 3.63) is 60.7 Å². The van der Waals surface area contributed by atoms with Crippen LogP contribution in [0.15, 0.2) is 60.7 Å². The van der Waals surface area contributed by atoms with E-state index in [1.165, 1.54) is 10.4 Å². The minimum absolute atomic E-state index is 0.0200. The number of aldehydes is 1. The van der Waals surface area contributed by atoms with Crippen molar-refractivity contribution in [2.24, 2.45) is 16.7 Å². The van der Waals surface area contributed by atoms with Gasteiger partial charge in [0.25, 0.3) is 8.32 Å². The van der Waals surface area contributed by atoms with Crippen LogP contribution in [0.3, 0.4) is 0 Å². The van der Waals surface area contributed by atoms with Crippen molar-refractivity contribution in [2.45, 2.75) is 53.0 Å². The molecule has 3 rings (SSSR count).